The number of nitrogens with one attached hydrogen (secondary N) is 2. The van der Waals surface area contributed by atoms with Crippen LogP contribution in [0.5, 0.6) is 0 Å². The van der Waals surface area contributed by atoms with Gasteiger partial charge in [0.25, 0.3) is 0 Å². The van der Waals surface area contributed by atoms with E-state index in [-0.39, 0.29) is 34.3 Å². The van der Waals surface area contributed by atoms with E-state index >= 15 is 0 Å². The molecule has 1 spiro atoms. The predicted molar refractivity (Wildman–Crippen MR) is 107 cm³/mol. The van der Waals surface area contributed by atoms with Gasteiger partial charge in [-0.3, -0.25) is 4.90 Å². The van der Waals surface area contributed by atoms with Gasteiger partial charge >= 0.3 is 6.09 Å². The van der Waals surface area contributed by atoms with Crippen molar-refractivity contribution in [2.75, 3.05) is 0 Å². The van der Waals surface area contributed by atoms with Crippen LogP contribution in [0.25, 0.3) is 0 Å². The van der Waals surface area contributed by atoms with Gasteiger partial charge in [-0.05, 0) is 75.2 Å². The minimum absolute atomic E-state index is 0.0702. The first-order chi connectivity index (χ1) is 11.9. The van der Waals surface area contributed by atoms with Crippen LogP contribution in [0.4, 0.5) is 4.79 Å². The average Bonchev–Trinajstić information content (AvgIpc) is 2.45. The molecule has 0 aromatic rings. The first-order valence-corrected chi connectivity index (χ1v) is 10.2. The van der Waals surface area contributed by atoms with E-state index in [0.29, 0.717) is 12.8 Å². The number of rotatable bonds is 1. The largest absolute Gasteiger partial charge is 0.437 e. The summed E-state index contributed by atoms with van der Waals surface area (Å²) in [6.45, 7) is 18.8. The number of hydrogen-bond acceptors (Lipinski definition) is 5. The number of amides is 1. The minimum atomic E-state index is -1.35. The molecule has 1 atom stereocenters. The van der Waals surface area contributed by atoms with Crippen molar-refractivity contribution in [3.8, 4) is 0 Å². The summed E-state index contributed by atoms with van der Waals surface area (Å²) in [6.07, 6.45) is 2.34. The van der Waals surface area contributed by atoms with Crippen LogP contribution in [0.15, 0.2) is 0 Å². The fourth-order valence-electron chi connectivity index (χ4n) is 6.57. The molecule has 3 aliphatic rings. The van der Waals surface area contributed by atoms with Crippen LogP contribution >= 0.6 is 0 Å². The number of piperidine rings is 2. The zero-order valence-corrected chi connectivity index (χ0v) is 18.6. The summed E-state index contributed by atoms with van der Waals surface area (Å²) in [5, 5.41) is 19.1. The van der Waals surface area contributed by atoms with Crippen LogP contribution in [-0.4, -0.2) is 55.6 Å². The summed E-state index contributed by atoms with van der Waals surface area (Å²) in [5.41, 5.74) is -2.99. The molecule has 156 valence electrons. The first kappa shape index (κ1) is 20.9. The number of hydrogen-bond donors (Lipinski definition) is 3. The molecule has 3 heterocycles. The number of nitrogens with zero attached hydrogens (tertiary/aromatic N) is 1. The zero-order chi connectivity index (χ0) is 20.7. The molecule has 0 saturated carbocycles. The van der Waals surface area contributed by atoms with Gasteiger partial charge in [0, 0.05) is 41.0 Å². The van der Waals surface area contributed by atoms with Crippen molar-refractivity contribution in [3.05, 3.63) is 0 Å². The summed E-state index contributed by atoms with van der Waals surface area (Å²) in [4.78, 5) is 14.8. The lowest BCUT2D eigenvalue weighted by molar-refractivity contribution is -0.190. The number of carbonyl (C=O) groups excluding carboxylic acids is 1. The van der Waals surface area contributed by atoms with Crippen LogP contribution in [0.2, 0.25) is 0 Å². The molecule has 3 aliphatic heterocycles. The van der Waals surface area contributed by atoms with Gasteiger partial charge in [-0.15, -0.1) is 0 Å². The second-order valence-electron chi connectivity index (χ2n) is 12.0. The fraction of sp³-hybridized carbons (Fsp3) is 0.952. The van der Waals surface area contributed by atoms with Crippen LogP contribution in [0.1, 0.15) is 88.0 Å². The van der Waals surface area contributed by atoms with Crippen molar-refractivity contribution in [2.45, 2.75) is 128 Å². The molecule has 1 amide bonds. The van der Waals surface area contributed by atoms with E-state index in [1.807, 2.05) is 0 Å². The van der Waals surface area contributed by atoms with Gasteiger partial charge < -0.3 is 20.5 Å². The highest BCUT2D eigenvalue weighted by Gasteiger charge is 2.68. The molecule has 0 aliphatic carbocycles. The predicted octanol–water partition coefficient (Wildman–Crippen LogP) is 3.14. The van der Waals surface area contributed by atoms with Crippen LogP contribution < -0.4 is 10.6 Å². The van der Waals surface area contributed by atoms with Crippen molar-refractivity contribution < 1.29 is 14.6 Å². The topological polar surface area (TPSA) is 73.8 Å². The Morgan fingerprint density at radius 1 is 0.852 bits per heavy atom. The van der Waals surface area contributed by atoms with E-state index in [1.54, 1.807) is 11.8 Å². The van der Waals surface area contributed by atoms with Gasteiger partial charge in [-0.1, -0.05) is 0 Å². The normalized spacial score (nSPS) is 36.7. The van der Waals surface area contributed by atoms with Crippen molar-refractivity contribution in [1.29, 1.82) is 0 Å². The van der Waals surface area contributed by atoms with Crippen molar-refractivity contribution in [2.24, 2.45) is 0 Å². The maximum absolute atomic E-state index is 13.1. The van der Waals surface area contributed by atoms with Gasteiger partial charge in [0.2, 0.25) is 0 Å². The molecule has 0 aromatic carbocycles. The molecule has 3 saturated heterocycles. The van der Waals surface area contributed by atoms with Crippen LogP contribution in [-0.2, 0) is 4.74 Å². The third-order valence-electron chi connectivity index (χ3n) is 6.48. The molecule has 6 nitrogen and oxygen atoms in total. The van der Waals surface area contributed by atoms with E-state index in [9.17, 15) is 9.90 Å². The lowest BCUT2D eigenvalue weighted by Gasteiger charge is -2.55. The minimum Gasteiger partial charge on any atom is -0.437 e. The highest BCUT2D eigenvalue weighted by atomic mass is 16.6. The summed E-state index contributed by atoms with van der Waals surface area (Å²) in [5.74, 6) is 0. The number of carbonyl (C=O) groups is 1. The molecule has 3 N–H and O–H groups in total. The highest BCUT2D eigenvalue weighted by Crippen LogP contribution is 2.52. The van der Waals surface area contributed by atoms with Gasteiger partial charge in [-0.25, -0.2) is 4.79 Å². The van der Waals surface area contributed by atoms with Gasteiger partial charge in [0.1, 0.15) is 0 Å². The Bertz CT molecular complexity index is 605. The molecule has 3 rings (SSSR count). The zero-order valence-electron chi connectivity index (χ0n) is 18.6. The van der Waals surface area contributed by atoms with E-state index in [2.05, 4.69) is 66.0 Å². The number of ether oxygens (including phenoxy) is 1. The Morgan fingerprint density at radius 2 is 1.26 bits per heavy atom. The maximum Gasteiger partial charge on any atom is 0.413 e. The van der Waals surface area contributed by atoms with Crippen LogP contribution in [0.3, 0.4) is 0 Å². The molecule has 0 aromatic heterocycles. The Hall–Kier alpha value is -0.850. The third kappa shape index (κ3) is 3.60. The molecule has 6 heteroatoms. The first-order valence-electron chi connectivity index (χ1n) is 10.2. The second kappa shape index (κ2) is 5.61. The molecule has 0 radical (unpaired) electrons. The van der Waals surface area contributed by atoms with E-state index in [0.717, 1.165) is 12.8 Å². The standard InChI is InChI=1S/C21H39N3O3/c1-16(2)10-14(11-17(3,4)22-16)24-15(25)27-21(20(24,9)26)12-18(5,6)23-19(7,8)13-21/h14,22-23,26H,10-13H2,1-9H3. The molecule has 1 unspecified atom stereocenters. The Morgan fingerprint density at radius 3 is 1.70 bits per heavy atom. The quantitative estimate of drug-likeness (QED) is 0.651. The van der Waals surface area contributed by atoms with Crippen molar-refractivity contribution in [3.63, 3.8) is 0 Å². The number of aliphatic hydroxyl groups is 1. The van der Waals surface area contributed by atoms with Crippen LogP contribution in [0, 0.1) is 0 Å². The molecule has 27 heavy (non-hydrogen) atoms. The van der Waals surface area contributed by atoms with Crippen molar-refractivity contribution >= 4 is 6.09 Å². The molecular weight excluding hydrogens is 342 g/mol. The van der Waals surface area contributed by atoms with E-state index in [4.69, 9.17) is 4.74 Å². The lowest BCUT2D eigenvalue weighted by Crippen LogP contribution is -2.72. The average molecular weight is 382 g/mol. The maximum atomic E-state index is 13.1. The van der Waals surface area contributed by atoms with Gasteiger partial charge in [0.15, 0.2) is 11.3 Å². The lowest BCUT2D eigenvalue weighted by atomic mass is 9.68. The molecule has 0 bridgehead atoms. The summed E-state index contributed by atoms with van der Waals surface area (Å²) >= 11 is 0. The third-order valence-corrected chi connectivity index (χ3v) is 6.48. The Labute approximate surface area is 164 Å². The van der Waals surface area contributed by atoms with E-state index in [1.165, 1.54) is 0 Å². The smallest absolute Gasteiger partial charge is 0.413 e. The fourth-order valence-corrected chi connectivity index (χ4v) is 6.57. The summed E-state index contributed by atoms with van der Waals surface area (Å²) < 4.78 is 6.06. The molecule has 3 fully saturated rings. The SMILES string of the molecule is CC1(C)CC(N2C(=O)OC3(CC(C)(C)NC(C)(C)C3)C2(C)O)CC(C)(C)N1. The Balaban J connectivity index is 1.99. The monoisotopic (exact) mass is 381 g/mol. The molecular formula is C21H39N3O3. The van der Waals surface area contributed by atoms with Gasteiger partial charge in [0.05, 0.1) is 0 Å². The highest BCUT2D eigenvalue weighted by molar-refractivity contribution is 5.73. The van der Waals surface area contributed by atoms with Gasteiger partial charge in [-0.2, -0.15) is 0 Å². The van der Waals surface area contributed by atoms with Crippen molar-refractivity contribution in [1.82, 2.24) is 15.5 Å². The summed E-state index contributed by atoms with van der Waals surface area (Å²) in [6, 6.07) is -0.0702. The second-order valence-corrected chi connectivity index (χ2v) is 12.0. The Kier molecular flexibility index (Phi) is 4.33. The summed E-state index contributed by atoms with van der Waals surface area (Å²) in [7, 11) is 0. The van der Waals surface area contributed by atoms with E-state index < -0.39 is 11.3 Å².